The van der Waals surface area contributed by atoms with E-state index < -0.39 is 0 Å². The van der Waals surface area contributed by atoms with Gasteiger partial charge in [0.25, 0.3) is 0 Å². The smallest absolute Gasteiger partial charge is 0.228 e. The summed E-state index contributed by atoms with van der Waals surface area (Å²) in [5.74, 6) is 0.195. The van der Waals surface area contributed by atoms with Crippen molar-refractivity contribution in [3.8, 4) is 0 Å². The van der Waals surface area contributed by atoms with Gasteiger partial charge in [0.05, 0.1) is 9.15 Å². The van der Waals surface area contributed by atoms with Crippen molar-refractivity contribution in [1.82, 2.24) is 5.32 Å². The second-order valence-electron chi connectivity index (χ2n) is 7.50. The molecule has 1 N–H and O–H groups in total. The first-order chi connectivity index (χ1) is 8.43. The average Bonchev–Trinajstić information content (AvgIpc) is 2.64. The molecule has 3 fully saturated rings. The van der Waals surface area contributed by atoms with E-state index in [4.69, 9.17) is 0 Å². The topological polar surface area (TPSA) is 29.1 Å². The number of alkyl halides is 3. The van der Waals surface area contributed by atoms with Crippen LogP contribution in [0.3, 0.4) is 0 Å². The maximum absolute atomic E-state index is 12.8. The van der Waals surface area contributed by atoms with E-state index in [2.05, 4.69) is 67.0 Å². The molecule has 3 rings (SSSR count). The van der Waals surface area contributed by atoms with Gasteiger partial charge in [-0.05, 0) is 39.0 Å². The number of carbonyl (C=O) groups is 1. The molecule has 5 heteroatoms. The summed E-state index contributed by atoms with van der Waals surface area (Å²) in [5.41, 5.74) is -0.402. The Morgan fingerprint density at radius 3 is 2.11 bits per heavy atom. The fourth-order valence-corrected chi connectivity index (χ4v) is 9.07. The summed E-state index contributed by atoms with van der Waals surface area (Å²) in [4.78, 5) is 13.1. The number of hydrogen-bond acceptors (Lipinski definition) is 1. The number of amides is 1. The number of fused-ring (bicyclic) bond motifs is 1. The van der Waals surface area contributed by atoms with E-state index >= 15 is 0 Å². The zero-order valence-electron chi connectivity index (χ0n) is 12.1. The van der Waals surface area contributed by atoms with Crippen LogP contribution in [0.1, 0.15) is 47.5 Å². The lowest BCUT2D eigenvalue weighted by atomic mass is 9.43. The molecule has 0 saturated heterocycles. The lowest BCUT2D eigenvalue weighted by Gasteiger charge is -2.66. The molecule has 19 heavy (non-hydrogen) atoms. The molecule has 3 atom stereocenters. The Kier molecular flexibility index (Phi) is 3.82. The zero-order chi connectivity index (χ0) is 14.9. The van der Waals surface area contributed by atoms with Crippen LogP contribution < -0.4 is 5.32 Å². The zero-order valence-corrected chi connectivity index (χ0v) is 16.9. The fraction of sp³-hybridized carbons (Fsp3) is 0.929. The first-order valence-electron chi connectivity index (χ1n) is 6.68. The first kappa shape index (κ1) is 16.3. The van der Waals surface area contributed by atoms with Crippen LogP contribution in [0.15, 0.2) is 0 Å². The molecule has 0 aliphatic heterocycles. The van der Waals surface area contributed by atoms with E-state index in [0.29, 0.717) is 0 Å². The minimum absolute atomic E-state index is 0.0266. The van der Waals surface area contributed by atoms with E-state index in [-0.39, 0.29) is 36.3 Å². The van der Waals surface area contributed by atoms with Crippen LogP contribution in [0.5, 0.6) is 0 Å². The number of halogens is 3. The Hall–Kier alpha value is 0.910. The third kappa shape index (κ3) is 1.79. The van der Waals surface area contributed by atoms with E-state index in [9.17, 15) is 4.79 Å². The monoisotopic (exact) mass is 457 g/mol. The van der Waals surface area contributed by atoms with Crippen molar-refractivity contribution in [2.75, 3.05) is 0 Å². The van der Waals surface area contributed by atoms with Crippen LogP contribution in [-0.4, -0.2) is 20.0 Å². The Labute approximate surface area is 141 Å². The molecule has 0 unspecified atom stereocenters. The van der Waals surface area contributed by atoms with Crippen molar-refractivity contribution in [3.05, 3.63) is 0 Å². The van der Waals surface area contributed by atoms with E-state index in [1.54, 1.807) is 0 Å². The highest BCUT2D eigenvalue weighted by atomic mass is 79.9. The standard InChI is InChI=1S/C14H22Br3NO/c1-11(2,3)18-10(19)14-7-6-13(8(14)15,9(16)17)12(14,4)5/h8-9H,6-7H2,1-5H3,(H,18,19)/t8-,13+,14-/m1/s1. The molecule has 0 aromatic carbocycles. The predicted molar refractivity (Wildman–Crippen MR) is 90.1 cm³/mol. The van der Waals surface area contributed by atoms with Gasteiger partial charge in [-0.15, -0.1) is 0 Å². The molecule has 0 aromatic rings. The summed E-state index contributed by atoms with van der Waals surface area (Å²) in [6.45, 7) is 10.6. The highest BCUT2D eigenvalue weighted by molar-refractivity contribution is 9.24. The largest absolute Gasteiger partial charge is 0.351 e. The van der Waals surface area contributed by atoms with Crippen LogP contribution in [-0.2, 0) is 4.79 Å². The van der Waals surface area contributed by atoms with Gasteiger partial charge in [0.2, 0.25) is 5.91 Å². The van der Waals surface area contributed by atoms with Crippen LogP contribution in [0.25, 0.3) is 0 Å². The van der Waals surface area contributed by atoms with E-state index in [1.807, 2.05) is 20.8 Å². The minimum atomic E-state index is -0.292. The van der Waals surface area contributed by atoms with Gasteiger partial charge in [-0.3, -0.25) is 4.79 Å². The summed E-state index contributed by atoms with van der Waals surface area (Å²) in [5, 5.41) is 3.18. The quantitative estimate of drug-likeness (QED) is 0.601. The third-order valence-corrected chi connectivity index (χ3v) is 8.61. The molecule has 110 valence electrons. The Morgan fingerprint density at radius 2 is 1.79 bits per heavy atom. The molecule has 0 heterocycles. The second-order valence-corrected chi connectivity index (χ2v) is 11.5. The molecule has 3 aliphatic rings. The Morgan fingerprint density at radius 1 is 1.26 bits per heavy atom. The number of hydrogen-bond donors (Lipinski definition) is 1. The fourth-order valence-electron chi connectivity index (χ4n) is 4.15. The lowest BCUT2D eigenvalue weighted by molar-refractivity contribution is -0.163. The van der Waals surface area contributed by atoms with Crippen LogP contribution in [0, 0.1) is 16.2 Å². The predicted octanol–water partition coefficient (Wildman–Crippen LogP) is 4.59. The molecule has 3 aliphatic carbocycles. The Bertz CT molecular complexity index is 415. The summed E-state index contributed by atoms with van der Waals surface area (Å²) < 4.78 is 0.227. The van der Waals surface area contributed by atoms with E-state index in [1.165, 1.54) is 0 Å². The number of nitrogens with one attached hydrogen (secondary N) is 1. The van der Waals surface area contributed by atoms with Gasteiger partial charge in [-0.2, -0.15) is 0 Å². The summed E-state index contributed by atoms with van der Waals surface area (Å²) in [6.07, 6.45) is 2.01. The highest BCUT2D eigenvalue weighted by Gasteiger charge is 2.83. The first-order valence-corrected chi connectivity index (χ1v) is 9.43. The number of rotatable bonds is 2. The van der Waals surface area contributed by atoms with Gasteiger partial charge < -0.3 is 5.32 Å². The molecule has 3 saturated carbocycles. The summed E-state index contributed by atoms with van der Waals surface area (Å²) in [7, 11) is 0. The van der Waals surface area contributed by atoms with Gasteiger partial charge in [-0.1, -0.05) is 61.6 Å². The highest BCUT2D eigenvalue weighted by Crippen LogP contribution is 2.82. The molecule has 1 amide bonds. The van der Waals surface area contributed by atoms with Crippen molar-refractivity contribution in [1.29, 1.82) is 0 Å². The van der Waals surface area contributed by atoms with Crippen molar-refractivity contribution in [2.45, 2.75) is 61.6 Å². The van der Waals surface area contributed by atoms with Crippen LogP contribution in [0.4, 0.5) is 0 Å². The van der Waals surface area contributed by atoms with Gasteiger partial charge in [-0.25, -0.2) is 0 Å². The molecule has 2 bridgehead atoms. The summed E-state index contributed by atoms with van der Waals surface area (Å²) in [6, 6.07) is 0. The molecule has 0 radical (unpaired) electrons. The molecule has 0 spiro atoms. The van der Waals surface area contributed by atoms with Crippen molar-refractivity contribution >= 4 is 53.7 Å². The van der Waals surface area contributed by atoms with Gasteiger partial charge >= 0.3 is 0 Å². The van der Waals surface area contributed by atoms with Crippen LogP contribution in [0.2, 0.25) is 0 Å². The normalized spacial score (nSPS) is 40.2. The molecular weight excluding hydrogens is 438 g/mol. The van der Waals surface area contributed by atoms with Crippen LogP contribution >= 0.6 is 47.8 Å². The maximum Gasteiger partial charge on any atom is 0.228 e. The van der Waals surface area contributed by atoms with Crippen molar-refractivity contribution in [2.24, 2.45) is 16.2 Å². The minimum Gasteiger partial charge on any atom is -0.351 e. The summed E-state index contributed by atoms with van der Waals surface area (Å²) >= 11 is 11.2. The van der Waals surface area contributed by atoms with Gasteiger partial charge in [0.15, 0.2) is 0 Å². The lowest BCUT2D eigenvalue weighted by Crippen LogP contribution is -2.72. The second kappa shape index (κ2) is 4.45. The molecule has 0 aromatic heterocycles. The maximum atomic E-state index is 12.8. The molecular formula is C14H22Br3NO. The number of carbonyl (C=O) groups excluding carboxylic acids is 1. The van der Waals surface area contributed by atoms with Gasteiger partial charge in [0.1, 0.15) is 0 Å². The average molecular weight is 460 g/mol. The third-order valence-electron chi connectivity index (χ3n) is 5.38. The Balaban J connectivity index is 2.36. The van der Waals surface area contributed by atoms with Crippen molar-refractivity contribution in [3.63, 3.8) is 0 Å². The SMILES string of the molecule is CC(C)(C)NC(=O)[C@@]12CC[C@@](C(Br)Br)([C@H]1Br)C2(C)C. The van der Waals surface area contributed by atoms with Gasteiger partial charge in [0, 0.05) is 15.8 Å². The molecule has 2 nitrogen and oxygen atoms in total. The van der Waals surface area contributed by atoms with E-state index in [0.717, 1.165) is 12.8 Å². The van der Waals surface area contributed by atoms with Crippen molar-refractivity contribution < 1.29 is 4.79 Å².